The number of hydrogen-bond donors (Lipinski definition) is 0. The van der Waals surface area contributed by atoms with Crippen LogP contribution in [0.15, 0.2) is 30.8 Å². The number of aryl methyl sites for hydroxylation is 1. The molecule has 0 bridgehead atoms. The summed E-state index contributed by atoms with van der Waals surface area (Å²) < 4.78 is 5.26. The lowest BCUT2D eigenvalue weighted by molar-refractivity contribution is -0.136. The molecule has 110 valence electrons. The fourth-order valence-electron chi connectivity index (χ4n) is 2.01. The van der Waals surface area contributed by atoms with Gasteiger partial charge in [-0.25, -0.2) is 4.79 Å². The first-order valence-electron chi connectivity index (χ1n) is 7.58. The number of benzene rings is 1. The monoisotopic (exact) mass is 274 g/mol. The molecular weight excluding hydrogens is 248 g/mol. The minimum Gasteiger partial charge on any atom is -0.462 e. The SMILES string of the molecule is C=C(C(=O)OCCCCCCCC)c1ccc(C)cc1. The molecule has 1 aromatic carbocycles. The minimum atomic E-state index is -0.303. The van der Waals surface area contributed by atoms with Gasteiger partial charge in [-0.2, -0.15) is 0 Å². The van der Waals surface area contributed by atoms with Crippen LogP contribution in [0.25, 0.3) is 5.57 Å². The Morgan fingerprint density at radius 2 is 1.65 bits per heavy atom. The maximum absolute atomic E-state index is 11.8. The molecule has 0 saturated carbocycles. The van der Waals surface area contributed by atoms with Crippen LogP contribution in [0.3, 0.4) is 0 Å². The molecule has 0 spiro atoms. The van der Waals surface area contributed by atoms with Crippen LogP contribution in [0.5, 0.6) is 0 Å². The fourth-order valence-corrected chi connectivity index (χ4v) is 2.01. The van der Waals surface area contributed by atoms with Gasteiger partial charge in [0.25, 0.3) is 0 Å². The summed E-state index contributed by atoms with van der Waals surface area (Å²) in [6.45, 7) is 8.54. The second-order valence-electron chi connectivity index (χ2n) is 5.25. The summed E-state index contributed by atoms with van der Waals surface area (Å²) in [5.74, 6) is -0.303. The second kappa shape index (κ2) is 9.35. The van der Waals surface area contributed by atoms with Crippen molar-refractivity contribution in [2.45, 2.75) is 52.4 Å². The lowest BCUT2D eigenvalue weighted by Crippen LogP contribution is -2.07. The molecule has 0 aromatic heterocycles. The van der Waals surface area contributed by atoms with Crippen molar-refractivity contribution in [3.05, 3.63) is 42.0 Å². The van der Waals surface area contributed by atoms with Crippen LogP contribution in [0.1, 0.15) is 56.6 Å². The van der Waals surface area contributed by atoms with E-state index in [1.54, 1.807) is 0 Å². The van der Waals surface area contributed by atoms with Gasteiger partial charge in [-0.05, 0) is 18.9 Å². The highest BCUT2D eigenvalue weighted by atomic mass is 16.5. The number of ether oxygens (including phenoxy) is 1. The Morgan fingerprint density at radius 1 is 1.05 bits per heavy atom. The molecule has 0 radical (unpaired) electrons. The predicted octanol–water partition coefficient (Wildman–Crippen LogP) is 4.91. The molecule has 0 aliphatic carbocycles. The van der Waals surface area contributed by atoms with E-state index in [0.29, 0.717) is 12.2 Å². The number of carbonyl (C=O) groups is 1. The standard InChI is InChI=1S/C18H26O2/c1-4-5-6-7-8-9-14-20-18(19)16(3)17-12-10-15(2)11-13-17/h10-13H,3-9,14H2,1-2H3. The van der Waals surface area contributed by atoms with Crippen LogP contribution in [0.4, 0.5) is 0 Å². The first kappa shape index (κ1) is 16.5. The molecule has 1 aromatic rings. The van der Waals surface area contributed by atoms with Crippen molar-refractivity contribution in [1.82, 2.24) is 0 Å². The van der Waals surface area contributed by atoms with Gasteiger partial charge in [-0.1, -0.05) is 75.4 Å². The summed E-state index contributed by atoms with van der Waals surface area (Å²) >= 11 is 0. The van der Waals surface area contributed by atoms with Gasteiger partial charge in [0.2, 0.25) is 0 Å². The van der Waals surface area contributed by atoms with Crippen LogP contribution in [0, 0.1) is 6.92 Å². The Bertz CT molecular complexity index is 418. The predicted molar refractivity (Wildman–Crippen MR) is 84.5 cm³/mol. The van der Waals surface area contributed by atoms with Gasteiger partial charge in [-0.15, -0.1) is 0 Å². The molecule has 0 atom stereocenters. The molecule has 1 rings (SSSR count). The second-order valence-corrected chi connectivity index (χ2v) is 5.25. The van der Waals surface area contributed by atoms with E-state index in [4.69, 9.17) is 4.74 Å². The maximum Gasteiger partial charge on any atom is 0.338 e. The van der Waals surface area contributed by atoms with Gasteiger partial charge < -0.3 is 4.74 Å². The van der Waals surface area contributed by atoms with Crippen LogP contribution < -0.4 is 0 Å². The molecule has 0 saturated heterocycles. The molecule has 2 nitrogen and oxygen atoms in total. The third-order valence-electron chi connectivity index (χ3n) is 3.38. The molecule has 2 heteroatoms. The van der Waals surface area contributed by atoms with Gasteiger partial charge in [0.1, 0.15) is 0 Å². The van der Waals surface area contributed by atoms with E-state index < -0.39 is 0 Å². The molecule has 20 heavy (non-hydrogen) atoms. The largest absolute Gasteiger partial charge is 0.462 e. The summed E-state index contributed by atoms with van der Waals surface area (Å²) in [5, 5.41) is 0. The van der Waals surface area contributed by atoms with Crippen LogP contribution in [-0.2, 0) is 9.53 Å². The first-order valence-corrected chi connectivity index (χ1v) is 7.58. The Labute approximate surface area is 122 Å². The van der Waals surface area contributed by atoms with E-state index in [-0.39, 0.29) is 5.97 Å². The van der Waals surface area contributed by atoms with E-state index in [1.807, 2.05) is 31.2 Å². The highest BCUT2D eigenvalue weighted by Crippen LogP contribution is 2.15. The van der Waals surface area contributed by atoms with Crippen molar-refractivity contribution in [3.63, 3.8) is 0 Å². The Morgan fingerprint density at radius 3 is 2.30 bits per heavy atom. The molecule has 0 amide bonds. The van der Waals surface area contributed by atoms with Gasteiger partial charge >= 0.3 is 5.97 Å². The highest BCUT2D eigenvalue weighted by molar-refractivity contribution is 6.15. The quantitative estimate of drug-likeness (QED) is 0.363. The zero-order valence-electron chi connectivity index (χ0n) is 12.8. The van der Waals surface area contributed by atoms with Crippen molar-refractivity contribution in [2.75, 3.05) is 6.61 Å². The van der Waals surface area contributed by atoms with Crippen molar-refractivity contribution in [2.24, 2.45) is 0 Å². The van der Waals surface area contributed by atoms with E-state index in [0.717, 1.165) is 18.4 Å². The van der Waals surface area contributed by atoms with Gasteiger partial charge in [0.15, 0.2) is 0 Å². The van der Waals surface area contributed by atoms with Gasteiger partial charge in [-0.3, -0.25) is 0 Å². The third-order valence-corrected chi connectivity index (χ3v) is 3.38. The summed E-state index contributed by atoms with van der Waals surface area (Å²) in [6.07, 6.45) is 7.13. The Balaban J connectivity index is 2.22. The number of esters is 1. The van der Waals surface area contributed by atoms with Crippen molar-refractivity contribution in [3.8, 4) is 0 Å². The first-order chi connectivity index (χ1) is 9.65. The average Bonchev–Trinajstić information content (AvgIpc) is 2.46. The zero-order valence-corrected chi connectivity index (χ0v) is 12.8. The minimum absolute atomic E-state index is 0.303. The van der Waals surface area contributed by atoms with E-state index in [9.17, 15) is 4.79 Å². The van der Waals surface area contributed by atoms with Crippen molar-refractivity contribution in [1.29, 1.82) is 0 Å². The summed E-state index contributed by atoms with van der Waals surface area (Å²) in [6, 6.07) is 7.76. The molecule has 0 N–H and O–H groups in total. The number of carbonyl (C=O) groups excluding carboxylic acids is 1. The van der Waals surface area contributed by atoms with Crippen molar-refractivity contribution < 1.29 is 9.53 Å². The number of hydrogen-bond acceptors (Lipinski definition) is 2. The zero-order chi connectivity index (χ0) is 14.8. The number of unbranched alkanes of at least 4 members (excludes halogenated alkanes) is 5. The molecule has 0 unspecified atom stereocenters. The van der Waals surface area contributed by atoms with Crippen LogP contribution in [-0.4, -0.2) is 12.6 Å². The Kier molecular flexibility index (Phi) is 7.71. The summed E-state index contributed by atoms with van der Waals surface area (Å²) in [7, 11) is 0. The Hall–Kier alpha value is -1.57. The lowest BCUT2D eigenvalue weighted by atomic mass is 10.1. The number of rotatable bonds is 9. The van der Waals surface area contributed by atoms with E-state index in [1.165, 1.54) is 31.2 Å². The topological polar surface area (TPSA) is 26.3 Å². The lowest BCUT2D eigenvalue weighted by Gasteiger charge is -2.07. The van der Waals surface area contributed by atoms with Crippen LogP contribution in [0.2, 0.25) is 0 Å². The van der Waals surface area contributed by atoms with Gasteiger partial charge in [0, 0.05) is 0 Å². The van der Waals surface area contributed by atoms with E-state index >= 15 is 0 Å². The molecule has 0 aliphatic heterocycles. The normalized spacial score (nSPS) is 10.3. The summed E-state index contributed by atoms with van der Waals surface area (Å²) in [4.78, 5) is 11.8. The molecule has 0 heterocycles. The maximum atomic E-state index is 11.8. The van der Waals surface area contributed by atoms with E-state index in [2.05, 4.69) is 13.5 Å². The third kappa shape index (κ3) is 6.05. The van der Waals surface area contributed by atoms with Crippen LogP contribution >= 0.6 is 0 Å². The molecular formula is C18H26O2. The average molecular weight is 274 g/mol. The molecule has 0 fully saturated rings. The smallest absolute Gasteiger partial charge is 0.338 e. The van der Waals surface area contributed by atoms with Gasteiger partial charge in [0.05, 0.1) is 12.2 Å². The van der Waals surface area contributed by atoms with Crippen molar-refractivity contribution >= 4 is 11.5 Å². The summed E-state index contributed by atoms with van der Waals surface area (Å²) in [5.41, 5.74) is 2.45. The highest BCUT2D eigenvalue weighted by Gasteiger charge is 2.10. The fraction of sp³-hybridized carbons (Fsp3) is 0.500. The molecule has 0 aliphatic rings.